The Hall–Kier alpha value is -2.14. The largest absolute Gasteiger partial charge is 0.478 e. The van der Waals surface area contributed by atoms with Gasteiger partial charge in [0.05, 0.1) is 11.3 Å². The lowest BCUT2D eigenvalue weighted by atomic mass is 10.1. The van der Waals surface area contributed by atoms with E-state index in [4.69, 9.17) is 0 Å². The first kappa shape index (κ1) is 14.8. The third kappa shape index (κ3) is 2.90. The van der Waals surface area contributed by atoms with Crippen molar-refractivity contribution in [2.45, 2.75) is 25.8 Å². The van der Waals surface area contributed by atoms with Gasteiger partial charge in [0.1, 0.15) is 5.82 Å². The smallest absolute Gasteiger partial charge is 0.336 e. The third-order valence-corrected chi connectivity index (χ3v) is 4.31. The van der Waals surface area contributed by atoms with E-state index < -0.39 is 5.97 Å². The Morgan fingerprint density at radius 1 is 1.41 bits per heavy atom. The van der Waals surface area contributed by atoms with Gasteiger partial charge < -0.3 is 9.67 Å². The lowest BCUT2D eigenvalue weighted by Gasteiger charge is -2.17. The van der Waals surface area contributed by atoms with Crippen molar-refractivity contribution in [3.05, 3.63) is 53.1 Å². The second-order valence-corrected chi connectivity index (χ2v) is 6.03. The average Bonchev–Trinajstić information content (AvgIpc) is 3.05. The average molecular weight is 299 g/mol. The summed E-state index contributed by atoms with van der Waals surface area (Å²) in [5.41, 5.74) is 2.33. The monoisotopic (exact) mass is 299 g/mol. The maximum absolute atomic E-state index is 11.3. The van der Waals surface area contributed by atoms with Gasteiger partial charge in [-0.25, -0.2) is 9.78 Å². The molecule has 0 aliphatic carbocycles. The highest BCUT2D eigenvalue weighted by Gasteiger charge is 2.27. The first-order valence-electron chi connectivity index (χ1n) is 7.58. The van der Waals surface area contributed by atoms with E-state index in [-0.39, 0.29) is 0 Å². The molecule has 1 aliphatic rings. The Balaban J connectivity index is 1.72. The van der Waals surface area contributed by atoms with Gasteiger partial charge >= 0.3 is 5.97 Å². The number of carboxylic acids is 1. The van der Waals surface area contributed by atoms with Crippen LogP contribution in [-0.2, 0) is 13.6 Å². The predicted molar refractivity (Wildman–Crippen MR) is 84.0 cm³/mol. The van der Waals surface area contributed by atoms with Crippen LogP contribution in [0.4, 0.5) is 0 Å². The number of aromatic nitrogens is 2. The molecule has 116 valence electrons. The minimum atomic E-state index is -0.855. The Bertz CT molecular complexity index is 693. The van der Waals surface area contributed by atoms with Crippen molar-refractivity contribution in [3.8, 4) is 0 Å². The van der Waals surface area contributed by atoms with Gasteiger partial charge in [-0.05, 0) is 31.5 Å². The fraction of sp³-hybridized carbons (Fsp3) is 0.412. The summed E-state index contributed by atoms with van der Waals surface area (Å²) in [6, 6.07) is 7.25. The highest BCUT2D eigenvalue weighted by atomic mass is 16.4. The molecule has 1 aliphatic heterocycles. The van der Waals surface area contributed by atoms with Crippen LogP contribution < -0.4 is 0 Å². The van der Waals surface area contributed by atoms with Crippen LogP contribution in [0.15, 0.2) is 30.5 Å². The van der Waals surface area contributed by atoms with E-state index in [1.807, 2.05) is 26.1 Å². The molecule has 1 atom stereocenters. The summed E-state index contributed by atoms with van der Waals surface area (Å²) in [6.07, 6.45) is 3.12. The summed E-state index contributed by atoms with van der Waals surface area (Å²) >= 11 is 0. The van der Waals surface area contributed by atoms with Gasteiger partial charge in [-0.15, -0.1) is 0 Å². The van der Waals surface area contributed by atoms with E-state index in [1.54, 1.807) is 12.1 Å². The molecule has 5 heteroatoms. The summed E-state index contributed by atoms with van der Waals surface area (Å²) in [7, 11) is 2.04. The minimum absolute atomic E-state index is 0.402. The maximum atomic E-state index is 11.3. The first-order valence-corrected chi connectivity index (χ1v) is 7.58. The number of rotatable bonds is 4. The maximum Gasteiger partial charge on any atom is 0.336 e. The lowest BCUT2D eigenvalue weighted by molar-refractivity contribution is 0.0694. The summed E-state index contributed by atoms with van der Waals surface area (Å²) < 4.78 is 2.11. The number of hydrogen-bond acceptors (Lipinski definition) is 3. The Morgan fingerprint density at radius 3 is 2.86 bits per heavy atom. The van der Waals surface area contributed by atoms with Crippen LogP contribution in [-0.4, -0.2) is 38.6 Å². The number of aromatic carboxylic acids is 1. The van der Waals surface area contributed by atoms with Gasteiger partial charge in [-0.2, -0.15) is 0 Å². The Kier molecular flexibility index (Phi) is 3.98. The van der Waals surface area contributed by atoms with E-state index in [9.17, 15) is 9.90 Å². The lowest BCUT2D eigenvalue weighted by Crippen LogP contribution is -2.21. The van der Waals surface area contributed by atoms with E-state index in [2.05, 4.69) is 20.6 Å². The van der Waals surface area contributed by atoms with Gasteiger partial charge in [0.15, 0.2) is 0 Å². The van der Waals surface area contributed by atoms with Crippen LogP contribution >= 0.6 is 0 Å². The molecule has 1 saturated heterocycles. The molecule has 0 amide bonds. The van der Waals surface area contributed by atoms with Crippen molar-refractivity contribution in [1.29, 1.82) is 0 Å². The summed E-state index contributed by atoms with van der Waals surface area (Å²) in [4.78, 5) is 18.2. The molecule has 3 rings (SSSR count). The third-order valence-electron chi connectivity index (χ3n) is 4.31. The van der Waals surface area contributed by atoms with Crippen LogP contribution in [0.3, 0.4) is 0 Å². The quantitative estimate of drug-likeness (QED) is 0.942. The molecule has 5 nitrogen and oxygen atoms in total. The number of hydrogen-bond donors (Lipinski definition) is 1. The number of benzene rings is 1. The first-order chi connectivity index (χ1) is 10.5. The van der Waals surface area contributed by atoms with Gasteiger partial charge in [0.2, 0.25) is 0 Å². The van der Waals surface area contributed by atoms with Crippen molar-refractivity contribution in [2.75, 3.05) is 13.1 Å². The van der Waals surface area contributed by atoms with Crippen LogP contribution in [0, 0.1) is 6.92 Å². The van der Waals surface area contributed by atoms with Gasteiger partial charge in [-0.3, -0.25) is 4.90 Å². The summed E-state index contributed by atoms with van der Waals surface area (Å²) in [5.74, 6) is 0.702. The topological polar surface area (TPSA) is 58.4 Å². The fourth-order valence-corrected chi connectivity index (χ4v) is 3.31. The molecular weight excluding hydrogens is 278 g/mol. The number of carboxylic acid groups (broad SMARTS) is 1. The SMILES string of the molecule is Cc1cn(C)c([C@H]2CCN(Cc3ccccc3C(=O)O)C2)n1. The molecule has 0 bridgehead atoms. The summed E-state index contributed by atoms with van der Waals surface area (Å²) in [6.45, 7) is 4.60. The number of aryl methyl sites for hydroxylation is 2. The number of imidazole rings is 1. The molecule has 1 N–H and O–H groups in total. The predicted octanol–water partition coefficient (Wildman–Crippen LogP) is 2.42. The zero-order chi connectivity index (χ0) is 15.7. The van der Waals surface area contributed by atoms with Gasteiger partial charge in [0.25, 0.3) is 0 Å². The highest BCUT2D eigenvalue weighted by molar-refractivity contribution is 5.89. The van der Waals surface area contributed by atoms with Crippen molar-refractivity contribution < 1.29 is 9.90 Å². The fourth-order valence-electron chi connectivity index (χ4n) is 3.31. The molecule has 0 spiro atoms. The van der Waals surface area contributed by atoms with E-state index in [1.165, 1.54) is 0 Å². The van der Waals surface area contributed by atoms with E-state index in [0.29, 0.717) is 18.0 Å². The molecule has 1 aromatic heterocycles. The molecule has 2 aromatic rings. The number of nitrogens with zero attached hydrogens (tertiary/aromatic N) is 3. The van der Waals surface area contributed by atoms with Crippen LogP contribution in [0.2, 0.25) is 0 Å². The normalized spacial score (nSPS) is 18.7. The van der Waals surface area contributed by atoms with Crippen molar-refractivity contribution >= 4 is 5.97 Å². The molecule has 0 saturated carbocycles. The minimum Gasteiger partial charge on any atom is -0.478 e. The highest BCUT2D eigenvalue weighted by Crippen LogP contribution is 2.27. The van der Waals surface area contributed by atoms with Crippen molar-refractivity contribution in [3.63, 3.8) is 0 Å². The standard InChI is InChI=1S/C17H21N3O2/c1-12-9-19(2)16(18-12)14-7-8-20(11-14)10-13-5-3-4-6-15(13)17(21)22/h3-6,9,14H,7-8,10-11H2,1-2H3,(H,21,22)/t14-/m0/s1. The van der Waals surface area contributed by atoms with E-state index >= 15 is 0 Å². The van der Waals surface area contributed by atoms with Crippen LogP contribution in [0.1, 0.15) is 39.8 Å². The number of likely N-dealkylation sites (tertiary alicyclic amines) is 1. The molecule has 2 heterocycles. The van der Waals surface area contributed by atoms with Crippen LogP contribution in [0.5, 0.6) is 0 Å². The molecule has 0 unspecified atom stereocenters. The molecule has 1 aromatic carbocycles. The zero-order valence-electron chi connectivity index (χ0n) is 13.0. The molecule has 1 fully saturated rings. The van der Waals surface area contributed by atoms with Crippen molar-refractivity contribution in [2.24, 2.45) is 7.05 Å². The molecule has 22 heavy (non-hydrogen) atoms. The summed E-state index contributed by atoms with van der Waals surface area (Å²) in [5, 5.41) is 9.28. The van der Waals surface area contributed by atoms with Gasteiger partial charge in [0, 0.05) is 32.3 Å². The van der Waals surface area contributed by atoms with Crippen molar-refractivity contribution in [1.82, 2.24) is 14.5 Å². The van der Waals surface area contributed by atoms with Crippen LogP contribution in [0.25, 0.3) is 0 Å². The second-order valence-electron chi connectivity index (χ2n) is 6.03. The Labute approximate surface area is 130 Å². The van der Waals surface area contributed by atoms with E-state index in [0.717, 1.165) is 36.6 Å². The second kappa shape index (κ2) is 5.93. The number of carbonyl (C=O) groups is 1. The zero-order valence-corrected chi connectivity index (χ0v) is 13.0. The Morgan fingerprint density at radius 2 is 2.18 bits per heavy atom. The van der Waals surface area contributed by atoms with Gasteiger partial charge in [-0.1, -0.05) is 18.2 Å². The molecular formula is C17H21N3O2. The molecule has 0 radical (unpaired) electrons.